The van der Waals surface area contributed by atoms with E-state index in [4.69, 9.17) is 23.2 Å². The van der Waals surface area contributed by atoms with Crippen LogP contribution in [0.25, 0.3) is 0 Å². The Bertz CT molecular complexity index is 564. The highest BCUT2D eigenvalue weighted by Gasteiger charge is 2.15. The van der Waals surface area contributed by atoms with Crippen LogP contribution in [0.2, 0.25) is 10.2 Å². The number of rotatable bonds is 2. The Morgan fingerprint density at radius 1 is 1.28 bits per heavy atom. The average Bonchev–Trinajstić information content (AvgIpc) is 2.28. The predicted molar refractivity (Wildman–Crippen MR) is 71.2 cm³/mol. The van der Waals surface area contributed by atoms with Crippen LogP contribution in [0.3, 0.4) is 0 Å². The normalized spacial score (nSPS) is 10.2. The van der Waals surface area contributed by atoms with Gasteiger partial charge in [-0.1, -0.05) is 23.2 Å². The number of carbonyl (C=O) groups excluding carboxylic acids is 1. The van der Waals surface area contributed by atoms with E-state index in [2.05, 4.69) is 15.3 Å². The van der Waals surface area contributed by atoms with Crippen molar-refractivity contribution >= 4 is 34.8 Å². The van der Waals surface area contributed by atoms with Crippen molar-refractivity contribution in [3.63, 3.8) is 0 Å². The summed E-state index contributed by atoms with van der Waals surface area (Å²) in [4.78, 5) is 19.9. The van der Waals surface area contributed by atoms with E-state index in [1.165, 1.54) is 6.07 Å². The summed E-state index contributed by atoms with van der Waals surface area (Å²) in [5, 5.41) is 3.25. The summed E-state index contributed by atoms with van der Waals surface area (Å²) in [6, 6.07) is 4.81. The Balaban J connectivity index is 2.30. The first-order valence-corrected chi connectivity index (χ1v) is 5.87. The number of aromatic nitrogens is 2. The largest absolute Gasteiger partial charge is 0.322 e. The molecule has 0 aliphatic rings. The third-order valence-electron chi connectivity index (χ3n) is 2.29. The average molecular weight is 282 g/mol. The van der Waals surface area contributed by atoms with Crippen molar-refractivity contribution in [3.05, 3.63) is 52.0 Å². The van der Waals surface area contributed by atoms with Crippen molar-refractivity contribution in [1.29, 1.82) is 0 Å². The first kappa shape index (κ1) is 12.8. The Hall–Kier alpha value is -1.65. The molecule has 0 aromatic carbocycles. The maximum atomic E-state index is 12.1. The van der Waals surface area contributed by atoms with Crippen LogP contribution in [-0.4, -0.2) is 15.9 Å². The highest BCUT2D eigenvalue weighted by Crippen LogP contribution is 2.23. The Labute approximate surface area is 114 Å². The van der Waals surface area contributed by atoms with Crippen LogP contribution >= 0.6 is 23.2 Å². The SMILES string of the molecule is Cc1nc(Cl)cc(Cl)c1C(=O)Nc1ccncc1. The van der Waals surface area contributed by atoms with Gasteiger partial charge in [-0.2, -0.15) is 0 Å². The van der Waals surface area contributed by atoms with Crippen molar-refractivity contribution in [3.8, 4) is 0 Å². The summed E-state index contributed by atoms with van der Waals surface area (Å²) in [7, 11) is 0. The van der Waals surface area contributed by atoms with Gasteiger partial charge in [0, 0.05) is 18.1 Å². The number of amides is 1. The van der Waals surface area contributed by atoms with Gasteiger partial charge in [0.05, 0.1) is 16.3 Å². The molecule has 4 nitrogen and oxygen atoms in total. The molecule has 2 heterocycles. The summed E-state index contributed by atoms with van der Waals surface area (Å²) in [5.41, 5.74) is 1.44. The first-order valence-electron chi connectivity index (χ1n) is 5.12. The first-order chi connectivity index (χ1) is 8.58. The van der Waals surface area contributed by atoms with E-state index in [0.29, 0.717) is 16.9 Å². The molecule has 0 bridgehead atoms. The molecule has 6 heteroatoms. The maximum absolute atomic E-state index is 12.1. The van der Waals surface area contributed by atoms with E-state index in [9.17, 15) is 4.79 Å². The van der Waals surface area contributed by atoms with Gasteiger partial charge >= 0.3 is 0 Å². The third-order valence-corrected chi connectivity index (χ3v) is 2.78. The highest BCUT2D eigenvalue weighted by molar-refractivity contribution is 6.36. The minimum atomic E-state index is -0.326. The second-order valence-electron chi connectivity index (χ2n) is 3.58. The molecule has 0 saturated heterocycles. The zero-order valence-electron chi connectivity index (χ0n) is 9.45. The fraction of sp³-hybridized carbons (Fsp3) is 0.0833. The van der Waals surface area contributed by atoms with E-state index >= 15 is 0 Å². The molecule has 0 unspecified atom stereocenters. The van der Waals surface area contributed by atoms with E-state index < -0.39 is 0 Å². The number of nitrogens with one attached hydrogen (secondary N) is 1. The molecule has 0 radical (unpaired) electrons. The van der Waals surface area contributed by atoms with Gasteiger partial charge in [-0.05, 0) is 25.1 Å². The van der Waals surface area contributed by atoms with E-state index in [-0.39, 0.29) is 16.1 Å². The standard InChI is InChI=1S/C12H9Cl2N3O/c1-7-11(9(13)6-10(14)16-7)12(18)17-8-2-4-15-5-3-8/h2-6H,1H3,(H,15,17,18). The number of aryl methyl sites for hydroxylation is 1. The van der Waals surface area contributed by atoms with Crippen LogP contribution in [0.4, 0.5) is 5.69 Å². The van der Waals surface area contributed by atoms with Crippen molar-refractivity contribution in [2.75, 3.05) is 5.32 Å². The number of nitrogens with zero attached hydrogens (tertiary/aromatic N) is 2. The molecule has 0 aliphatic heterocycles. The number of pyridine rings is 2. The van der Waals surface area contributed by atoms with Gasteiger partial charge in [0.1, 0.15) is 5.15 Å². The molecular weight excluding hydrogens is 273 g/mol. The minimum absolute atomic E-state index is 0.262. The fourth-order valence-electron chi connectivity index (χ4n) is 1.50. The van der Waals surface area contributed by atoms with E-state index in [1.807, 2.05) is 0 Å². The van der Waals surface area contributed by atoms with E-state index in [1.54, 1.807) is 31.5 Å². The van der Waals surface area contributed by atoms with Gasteiger partial charge in [-0.15, -0.1) is 0 Å². The monoisotopic (exact) mass is 281 g/mol. The second-order valence-corrected chi connectivity index (χ2v) is 4.37. The molecule has 92 valence electrons. The number of hydrogen-bond donors (Lipinski definition) is 1. The number of hydrogen-bond acceptors (Lipinski definition) is 3. The fourth-order valence-corrected chi connectivity index (χ4v) is 2.12. The van der Waals surface area contributed by atoms with E-state index in [0.717, 1.165) is 0 Å². The molecule has 0 saturated carbocycles. The quantitative estimate of drug-likeness (QED) is 0.859. The van der Waals surface area contributed by atoms with Gasteiger partial charge in [0.2, 0.25) is 0 Å². The third kappa shape index (κ3) is 2.78. The lowest BCUT2D eigenvalue weighted by atomic mass is 10.2. The summed E-state index contributed by atoms with van der Waals surface area (Å²) in [5.74, 6) is -0.326. The lowest BCUT2D eigenvalue weighted by Crippen LogP contribution is -2.14. The molecule has 18 heavy (non-hydrogen) atoms. The Kier molecular flexibility index (Phi) is 3.79. The topological polar surface area (TPSA) is 54.9 Å². The Morgan fingerprint density at radius 3 is 2.56 bits per heavy atom. The van der Waals surface area contributed by atoms with Gasteiger partial charge in [-0.3, -0.25) is 9.78 Å². The van der Waals surface area contributed by atoms with Gasteiger partial charge in [0.25, 0.3) is 5.91 Å². The number of halogens is 2. The van der Waals surface area contributed by atoms with Crippen LogP contribution in [0.5, 0.6) is 0 Å². The lowest BCUT2D eigenvalue weighted by molar-refractivity contribution is 0.102. The summed E-state index contributed by atoms with van der Waals surface area (Å²) in [6.45, 7) is 1.68. The lowest BCUT2D eigenvalue weighted by Gasteiger charge is -2.09. The molecule has 0 fully saturated rings. The van der Waals surface area contributed by atoms with Gasteiger partial charge in [0.15, 0.2) is 0 Å². The molecule has 1 amide bonds. The molecule has 0 atom stereocenters. The second kappa shape index (κ2) is 5.33. The molecule has 1 N–H and O–H groups in total. The molecule has 2 aromatic heterocycles. The van der Waals surface area contributed by atoms with Gasteiger partial charge in [-0.25, -0.2) is 4.98 Å². The predicted octanol–water partition coefficient (Wildman–Crippen LogP) is 3.34. The van der Waals surface area contributed by atoms with Crippen molar-refractivity contribution in [2.45, 2.75) is 6.92 Å². The maximum Gasteiger partial charge on any atom is 0.259 e. The van der Waals surface area contributed by atoms with Crippen LogP contribution in [0.15, 0.2) is 30.6 Å². The summed E-state index contributed by atoms with van der Waals surface area (Å²) >= 11 is 11.7. The highest BCUT2D eigenvalue weighted by atomic mass is 35.5. The Morgan fingerprint density at radius 2 is 1.94 bits per heavy atom. The molecular formula is C12H9Cl2N3O. The number of carbonyl (C=O) groups is 1. The zero-order chi connectivity index (χ0) is 13.1. The summed E-state index contributed by atoms with van der Waals surface area (Å²) < 4.78 is 0. The smallest absolute Gasteiger partial charge is 0.259 e. The molecule has 2 rings (SSSR count). The minimum Gasteiger partial charge on any atom is -0.322 e. The van der Waals surface area contributed by atoms with Gasteiger partial charge < -0.3 is 5.32 Å². The van der Waals surface area contributed by atoms with Crippen LogP contribution in [0.1, 0.15) is 16.1 Å². The van der Waals surface area contributed by atoms with Crippen molar-refractivity contribution < 1.29 is 4.79 Å². The molecule has 0 spiro atoms. The van der Waals surface area contributed by atoms with Crippen LogP contribution < -0.4 is 5.32 Å². The molecule has 0 aliphatic carbocycles. The number of anilines is 1. The molecule has 2 aromatic rings. The van der Waals surface area contributed by atoms with Crippen LogP contribution in [0, 0.1) is 6.92 Å². The van der Waals surface area contributed by atoms with Crippen molar-refractivity contribution in [1.82, 2.24) is 9.97 Å². The van der Waals surface area contributed by atoms with Crippen LogP contribution in [-0.2, 0) is 0 Å². The summed E-state index contributed by atoms with van der Waals surface area (Å²) in [6.07, 6.45) is 3.17. The zero-order valence-corrected chi connectivity index (χ0v) is 11.0. The van der Waals surface area contributed by atoms with Crippen molar-refractivity contribution in [2.24, 2.45) is 0 Å².